The van der Waals surface area contributed by atoms with Gasteiger partial charge in [0.2, 0.25) is 5.88 Å². The van der Waals surface area contributed by atoms with Gasteiger partial charge in [-0.3, -0.25) is 0 Å². The van der Waals surface area contributed by atoms with Crippen molar-refractivity contribution in [1.82, 2.24) is 5.16 Å². The minimum atomic E-state index is -0.315. The van der Waals surface area contributed by atoms with Gasteiger partial charge in [0.15, 0.2) is 0 Å². The van der Waals surface area contributed by atoms with Gasteiger partial charge in [-0.25, -0.2) is 4.39 Å². The van der Waals surface area contributed by atoms with Crippen molar-refractivity contribution in [3.63, 3.8) is 0 Å². The van der Waals surface area contributed by atoms with Gasteiger partial charge in [-0.2, -0.15) is 0 Å². The van der Waals surface area contributed by atoms with Crippen LogP contribution in [0.5, 0.6) is 0 Å². The molecule has 2 aromatic heterocycles. The molecule has 0 spiro atoms. The van der Waals surface area contributed by atoms with Crippen LogP contribution in [0, 0.1) is 5.82 Å². The molecule has 0 saturated heterocycles. The molecule has 0 aliphatic heterocycles. The highest BCUT2D eigenvalue weighted by molar-refractivity contribution is 7.13. The SMILES string of the molecule is Nc1onc(-c2cccs2)c1-c1cccc(F)c1. The number of thiophene rings is 1. The third-order valence-corrected chi connectivity index (χ3v) is 3.46. The van der Waals surface area contributed by atoms with Crippen LogP contribution in [-0.4, -0.2) is 5.16 Å². The van der Waals surface area contributed by atoms with E-state index >= 15 is 0 Å². The first kappa shape index (κ1) is 11.0. The Bertz CT molecular complexity index is 676. The molecule has 3 aromatic rings. The van der Waals surface area contributed by atoms with Gasteiger partial charge in [0, 0.05) is 0 Å². The molecule has 2 heterocycles. The van der Waals surface area contributed by atoms with Crippen molar-refractivity contribution in [3.8, 4) is 21.7 Å². The average molecular weight is 260 g/mol. The maximum absolute atomic E-state index is 13.3. The van der Waals surface area contributed by atoms with Crippen LogP contribution in [0.25, 0.3) is 21.7 Å². The van der Waals surface area contributed by atoms with Crippen LogP contribution in [0.3, 0.4) is 0 Å². The molecule has 1 aromatic carbocycles. The normalized spacial score (nSPS) is 10.7. The van der Waals surface area contributed by atoms with Crippen molar-refractivity contribution < 1.29 is 8.91 Å². The van der Waals surface area contributed by atoms with Crippen molar-refractivity contribution >= 4 is 17.2 Å². The molecule has 0 bridgehead atoms. The van der Waals surface area contributed by atoms with Gasteiger partial charge >= 0.3 is 0 Å². The van der Waals surface area contributed by atoms with E-state index in [0.29, 0.717) is 16.8 Å². The lowest BCUT2D eigenvalue weighted by molar-refractivity contribution is 0.439. The molecule has 5 heteroatoms. The van der Waals surface area contributed by atoms with E-state index in [4.69, 9.17) is 10.3 Å². The van der Waals surface area contributed by atoms with Gasteiger partial charge in [-0.1, -0.05) is 23.4 Å². The molecule has 0 amide bonds. The maximum Gasteiger partial charge on any atom is 0.230 e. The monoisotopic (exact) mass is 260 g/mol. The molecule has 0 aliphatic carbocycles. The predicted molar refractivity (Wildman–Crippen MR) is 69.6 cm³/mol. The summed E-state index contributed by atoms with van der Waals surface area (Å²) in [5.41, 5.74) is 7.73. The molecular formula is C13H9FN2OS. The summed E-state index contributed by atoms with van der Waals surface area (Å²) in [5, 5.41) is 5.89. The fraction of sp³-hybridized carbons (Fsp3) is 0. The smallest absolute Gasteiger partial charge is 0.230 e. The molecule has 0 saturated carbocycles. The fourth-order valence-corrected chi connectivity index (χ4v) is 2.52. The number of halogens is 1. The lowest BCUT2D eigenvalue weighted by atomic mass is 10.0. The fourth-order valence-electron chi connectivity index (χ4n) is 1.81. The molecule has 3 nitrogen and oxygen atoms in total. The Morgan fingerprint density at radius 1 is 1.22 bits per heavy atom. The maximum atomic E-state index is 13.3. The van der Waals surface area contributed by atoms with Crippen LogP contribution < -0.4 is 5.73 Å². The van der Waals surface area contributed by atoms with Crippen molar-refractivity contribution in [2.24, 2.45) is 0 Å². The Morgan fingerprint density at radius 2 is 2.11 bits per heavy atom. The first-order valence-corrected chi connectivity index (χ1v) is 6.18. The van der Waals surface area contributed by atoms with Gasteiger partial charge in [0.05, 0.1) is 10.4 Å². The molecule has 0 fully saturated rings. The van der Waals surface area contributed by atoms with Crippen molar-refractivity contribution in [1.29, 1.82) is 0 Å². The number of nitrogen functional groups attached to an aromatic ring is 1. The van der Waals surface area contributed by atoms with Crippen molar-refractivity contribution in [2.75, 3.05) is 5.73 Å². The number of hydrogen-bond donors (Lipinski definition) is 1. The largest absolute Gasteiger partial charge is 0.367 e. The Morgan fingerprint density at radius 3 is 2.83 bits per heavy atom. The first-order valence-electron chi connectivity index (χ1n) is 5.30. The van der Waals surface area contributed by atoms with Gasteiger partial charge in [-0.05, 0) is 29.1 Å². The lowest BCUT2D eigenvalue weighted by Gasteiger charge is -2.01. The Balaban J connectivity index is 2.20. The lowest BCUT2D eigenvalue weighted by Crippen LogP contribution is -1.87. The van der Waals surface area contributed by atoms with Gasteiger partial charge in [0.25, 0.3) is 0 Å². The van der Waals surface area contributed by atoms with E-state index in [1.807, 2.05) is 17.5 Å². The van der Waals surface area contributed by atoms with E-state index < -0.39 is 0 Å². The van der Waals surface area contributed by atoms with Crippen molar-refractivity contribution in [2.45, 2.75) is 0 Å². The average Bonchev–Trinajstić information content (AvgIpc) is 2.97. The molecule has 3 rings (SSSR count). The Kier molecular flexibility index (Phi) is 2.60. The van der Waals surface area contributed by atoms with Gasteiger partial charge < -0.3 is 10.3 Å². The van der Waals surface area contributed by atoms with Crippen LogP contribution in [0.15, 0.2) is 46.3 Å². The molecule has 0 atom stereocenters. The number of hydrogen-bond acceptors (Lipinski definition) is 4. The number of aromatic nitrogens is 1. The predicted octanol–water partition coefficient (Wildman–Crippen LogP) is 3.79. The highest BCUT2D eigenvalue weighted by atomic mass is 32.1. The number of anilines is 1. The second-order valence-corrected chi connectivity index (χ2v) is 4.71. The summed E-state index contributed by atoms with van der Waals surface area (Å²) in [7, 11) is 0. The third kappa shape index (κ3) is 1.78. The summed E-state index contributed by atoms with van der Waals surface area (Å²) >= 11 is 1.53. The zero-order valence-electron chi connectivity index (χ0n) is 9.26. The summed E-state index contributed by atoms with van der Waals surface area (Å²) in [6.07, 6.45) is 0. The van der Waals surface area contributed by atoms with E-state index in [9.17, 15) is 4.39 Å². The summed E-state index contributed by atoms with van der Waals surface area (Å²) in [6, 6.07) is 10.1. The molecule has 0 radical (unpaired) electrons. The van der Waals surface area contributed by atoms with Crippen molar-refractivity contribution in [3.05, 3.63) is 47.6 Å². The second kappa shape index (κ2) is 4.27. The minimum Gasteiger partial charge on any atom is -0.367 e. The zero-order valence-corrected chi connectivity index (χ0v) is 10.1. The molecular weight excluding hydrogens is 251 g/mol. The standard InChI is InChI=1S/C13H9FN2OS/c14-9-4-1-3-8(7-9)11-12(16-17-13(11)15)10-5-2-6-18-10/h1-7H,15H2. The van der Waals surface area contributed by atoms with E-state index in [2.05, 4.69) is 5.16 Å². The first-order chi connectivity index (χ1) is 8.75. The minimum absolute atomic E-state index is 0.198. The van der Waals surface area contributed by atoms with Gasteiger partial charge in [0.1, 0.15) is 11.5 Å². The van der Waals surface area contributed by atoms with Crippen LogP contribution in [0.1, 0.15) is 0 Å². The molecule has 0 aliphatic rings. The topological polar surface area (TPSA) is 52.0 Å². The Labute approximate surface area is 107 Å². The van der Waals surface area contributed by atoms with E-state index in [1.165, 1.54) is 23.5 Å². The van der Waals surface area contributed by atoms with Gasteiger partial charge in [-0.15, -0.1) is 11.3 Å². The molecule has 18 heavy (non-hydrogen) atoms. The molecule has 0 unspecified atom stereocenters. The van der Waals surface area contributed by atoms with E-state index in [0.717, 1.165) is 4.88 Å². The van der Waals surface area contributed by atoms with Crippen LogP contribution in [-0.2, 0) is 0 Å². The van der Waals surface area contributed by atoms with Crippen LogP contribution in [0.2, 0.25) is 0 Å². The summed E-state index contributed by atoms with van der Waals surface area (Å²) in [4.78, 5) is 0.940. The second-order valence-electron chi connectivity index (χ2n) is 3.76. The number of rotatable bonds is 2. The third-order valence-electron chi connectivity index (χ3n) is 2.59. The summed E-state index contributed by atoms with van der Waals surface area (Å²) in [6.45, 7) is 0. The number of nitrogens with zero attached hydrogens (tertiary/aromatic N) is 1. The van der Waals surface area contributed by atoms with E-state index in [-0.39, 0.29) is 11.7 Å². The summed E-state index contributed by atoms with van der Waals surface area (Å²) < 4.78 is 18.3. The van der Waals surface area contributed by atoms with Crippen LogP contribution >= 0.6 is 11.3 Å². The Hall–Kier alpha value is -2.14. The number of benzene rings is 1. The highest BCUT2D eigenvalue weighted by Gasteiger charge is 2.18. The quantitative estimate of drug-likeness (QED) is 0.762. The van der Waals surface area contributed by atoms with Crippen LogP contribution in [0.4, 0.5) is 10.3 Å². The highest BCUT2D eigenvalue weighted by Crippen LogP contribution is 2.37. The summed E-state index contributed by atoms with van der Waals surface area (Å²) in [5.74, 6) is -0.116. The zero-order chi connectivity index (χ0) is 12.5. The molecule has 90 valence electrons. The number of nitrogens with two attached hydrogens (primary N) is 1. The van der Waals surface area contributed by atoms with E-state index in [1.54, 1.807) is 12.1 Å². The molecule has 2 N–H and O–H groups in total.